The van der Waals surface area contributed by atoms with E-state index in [0.29, 0.717) is 6.54 Å². The maximum absolute atomic E-state index is 10.6. The van der Waals surface area contributed by atoms with E-state index in [1.54, 1.807) is 0 Å². The lowest BCUT2D eigenvalue weighted by molar-refractivity contribution is -0.118. The Balaban J connectivity index is 1.91. The molecule has 0 unspecified atom stereocenters. The number of carbonyl (C=O) groups is 1. The number of rotatable bonds is 10. The minimum atomic E-state index is 0.0131. The van der Waals surface area contributed by atoms with Gasteiger partial charge in [0.15, 0.2) is 0 Å². The molecule has 0 spiro atoms. The molecule has 0 radical (unpaired) electrons. The summed E-state index contributed by atoms with van der Waals surface area (Å²) in [6, 6.07) is 10.7. The average molecular weight is 285 g/mol. The van der Waals surface area contributed by atoms with Crippen molar-refractivity contribution in [1.82, 2.24) is 5.32 Å². The first-order chi connectivity index (χ1) is 10.3. The lowest BCUT2D eigenvalue weighted by atomic mass is 10.1. The van der Waals surface area contributed by atoms with Crippen LogP contribution in [0.25, 0.3) is 0 Å². The topological polar surface area (TPSA) is 29.1 Å². The normalized spacial score (nSPS) is 11.3. The molecule has 1 N–H and O–H groups in total. The first-order valence-corrected chi connectivity index (χ1v) is 7.89. The van der Waals surface area contributed by atoms with Crippen LogP contribution in [0.1, 0.15) is 44.6 Å². The number of amides is 1. The van der Waals surface area contributed by atoms with Gasteiger partial charge in [-0.3, -0.25) is 4.79 Å². The molecule has 0 aromatic heterocycles. The molecule has 0 heterocycles. The van der Waals surface area contributed by atoms with Gasteiger partial charge in [0.2, 0.25) is 5.91 Å². The fourth-order valence-corrected chi connectivity index (χ4v) is 2.11. The van der Waals surface area contributed by atoms with Gasteiger partial charge in [-0.1, -0.05) is 67.5 Å². The van der Waals surface area contributed by atoms with E-state index in [4.69, 9.17) is 0 Å². The first-order valence-electron chi connectivity index (χ1n) is 7.89. The van der Waals surface area contributed by atoms with Crippen molar-refractivity contribution in [3.63, 3.8) is 0 Å². The molecular formula is C19H27NO. The van der Waals surface area contributed by atoms with Crippen molar-refractivity contribution in [2.24, 2.45) is 0 Å². The summed E-state index contributed by atoms with van der Waals surface area (Å²) in [6.45, 7) is 2.14. The molecule has 2 heteroatoms. The molecule has 1 aromatic rings. The number of unbranched alkanes of at least 4 members (excludes halogenated alkanes) is 4. The summed E-state index contributed by atoms with van der Waals surface area (Å²) in [5.41, 5.74) is 1.45. The molecule has 1 amide bonds. The number of carbonyl (C=O) groups excluding carboxylic acids is 1. The predicted molar refractivity (Wildman–Crippen MR) is 90.2 cm³/mol. The molecule has 0 saturated carbocycles. The monoisotopic (exact) mass is 285 g/mol. The van der Waals surface area contributed by atoms with Crippen LogP contribution >= 0.6 is 0 Å². The van der Waals surface area contributed by atoms with E-state index in [1.165, 1.54) is 44.6 Å². The first kappa shape index (κ1) is 17.2. The number of aryl methyl sites for hydroxylation is 1. The highest BCUT2D eigenvalue weighted by Crippen LogP contribution is 2.08. The molecule has 0 atom stereocenters. The number of allylic oxidation sites excluding steroid dienone is 3. The quantitative estimate of drug-likeness (QED) is 0.500. The molecule has 1 rings (SSSR count). The lowest BCUT2D eigenvalue weighted by Gasteiger charge is -2.00. The van der Waals surface area contributed by atoms with Gasteiger partial charge in [0, 0.05) is 13.5 Å². The van der Waals surface area contributed by atoms with Gasteiger partial charge < -0.3 is 5.32 Å². The molecule has 0 aliphatic rings. The summed E-state index contributed by atoms with van der Waals surface area (Å²) in [5.74, 6) is 0.0131. The van der Waals surface area contributed by atoms with Crippen molar-refractivity contribution in [3.05, 3.63) is 60.2 Å². The van der Waals surface area contributed by atoms with Gasteiger partial charge in [0.25, 0.3) is 0 Å². The highest BCUT2D eigenvalue weighted by Gasteiger charge is 1.92. The largest absolute Gasteiger partial charge is 0.353 e. The smallest absolute Gasteiger partial charge is 0.217 e. The second kappa shape index (κ2) is 12.0. The minimum absolute atomic E-state index is 0.0131. The van der Waals surface area contributed by atoms with E-state index in [9.17, 15) is 4.79 Å². The Kier molecular flexibility index (Phi) is 9.80. The third-order valence-electron chi connectivity index (χ3n) is 3.28. The van der Waals surface area contributed by atoms with Crippen molar-refractivity contribution in [1.29, 1.82) is 0 Å². The average Bonchev–Trinajstić information content (AvgIpc) is 2.49. The van der Waals surface area contributed by atoms with E-state index >= 15 is 0 Å². The molecule has 2 nitrogen and oxygen atoms in total. The molecule has 0 saturated heterocycles. The van der Waals surface area contributed by atoms with Crippen LogP contribution in [0, 0.1) is 0 Å². The predicted octanol–water partition coefficient (Wildman–Crippen LogP) is 4.43. The second-order valence-corrected chi connectivity index (χ2v) is 5.23. The van der Waals surface area contributed by atoms with Crippen molar-refractivity contribution in [2.75, 3.05) is 6.54 Å². The van der Waals surface area contributed by atoms with Crippen LogP contribution in [0.3, 0.4) is 0 Å². The summed E-state index contributed by atoms with van der Waals surface area (Å²) < 4.78 is 0. The molecule has 1 aromatic carbocycles. The summed E-state index contributed by atoms with van der Waals surface area (Å²) in [4.78, 5) is 10.6. The highest BCUT2D eigenvalue weighted by atomic mass is 16.1. The van der Waals surface area contributed by atoms with Crippen molar-refractivity contribution in [2.45, 2.75) is 45.4 Å². The molecule has 0 aliphatic heterocycles. The van der Waals surface area contributed by atoms with Crippen LogP contribution in [-0.4, -0.2) is 12.5 Å². The third-order valence-corrected chi connectivity index (χ3v) is 3.28. The van der Waals surface area contributed by atoms with Gasteiger partial charge in [0.05, 0.1) is 0 Å². The highest BCUT2D eigenvalue weighted by molar-refractivity contribution is 5.72. The van der Waals surface area contributed by atoms with Crippen LogP contribution in [0.2, 0.25) is 0 Å². The van der Waals surface area contributed by atoms with Gasteiger partial charge in [-0.25, -0.2) is 0 Å². The molecular weight excluding hydrogens is 258 g/mol. The number of benzene rings is 1. The Labute approximate surface area is 129 Å². The van der Waals surface area contributed by atoms with Gasteiger partial charge in [0.1, 0.15) is 0 Å². The van der Waals surface area contributed by atoms with Crippen molar-refractivity contribution in [3.8, 4) is 0 Å². The summed E-state index contributed by atoms with van der Waals surface area (Å²) in [6.07, 6.45) is 15.7. The van der Waals surface area contributed by atoms with Crippen molar-refractivity contribution < 1.29 is 4.79 Å². The molecule has 21 heavy (non-hydrogen) atoms. The van der Waals surface area contributed by atoms with E-state index in [0.717, 1.165) is 6.42 Å². The van der Waals surface area contributed by atoms with Gasteiger partial charge in [-0.05, 0) is 31.2 Å². The SMILES string of the molecule is CC(=O)NC/C=C/C=C/CCCCCCc1ccccc1. The Bertz CT molecular complexity index is 434. The number of nitrogens with one attached hydrogen (secondary N) is 1. The maximum atomic E-state index is 10.6. The third kappa shape index (κ3) is 10.6. The molecule has 0 fully saturated rings. The van der Waals surface area contributed by atoms with Crippen LogP contribution in [0.5, 0.6) is 0 Å². The van der Waals surface area contributed by atoms with E-state index in [-0.39, 0.29) is 5.91 Å². The maximum Gasteiger partial charge on any atom is 0.217 e. The Morgan fingerprint density at radius 3 is 2.48 bits per heavy atom. The van der Waals surface area contributed by atoms with Crippen LogP contribution in [0.4, 0.5) is 0 Å². The fourth-order valence-electron chi connectivity index (χ4n) is 2.11. The summed E-state index contributed by atoms with van der Waals surface area (Å²) in [7, 11) is 0. The number of hydrogen-bond acceptors (Lipinski definition) is 1. The lowest BCUT2D eigenvalue weighted by Crippen LogP contribution is -2.19. The van der Waals surface area contributed by atoms with Gasteiger partial charge >= 0.3 is 0 Å². The van der Waals surface area contributed by atoms with Crippen molar-refractivity contribution >= 4 is 5.91 Å². The standard InChI is InChI=1S/C19H27NO/c1-18(21)20-17-13-8-6-4-2-3-5-7-10-14-19-15-11-9-12-16-19/h4,6,8-9,11-13,15-16H,2-3,5,7,10,14,17H2,1H3,(H,20,21)/b6-4+,13-8+. The van der Waals surface area contributed by atoms with E-state index < -0.39 is 0 Å². The molecule has 114 valence electrons. The van der Waals surface area contributed by atoms with Crippen LogP contribution in [-0.2, 0) is 11.2 Å². The Morgan fingerprint density at radius 2 is 1.71 bits per heavy atom. The Morgan fingerprint density at radius 1 is 1.00 bits per heavy atom. The number of hydrogen-bond donors (Lipinski definition) is 1. The van der Waals surface area contributed by atoms with E-state index in [1.807, 2.05) is 12.2 Å². The minimum Gasteiger partial charge on any atom is -0.353 e. The zero-order valence-corrected chi connectivity index (χ0v) is 13.1. The van der Waals surface area contributed by atoms with Crippen LogP contribution < -0.4 is 5.32 Å². The van der Waals surface area contributed by atoms with Gasteiger partial charge in [-0.2, -0.15) is 0 Å². The zero-order valence-electron chi connectivity index (χ0n) is 13.1. The van der Waals surface area contributed by atoms with Gasteiger partial charge in [-0.15, -0.1) is 0 Å². The molecule has 0 aliphatic carbocycles. The van der Waals surface area contributed by atoms with Crippen LogP contribution in [0.15, 0.2) is 54.6 Å². The fraction of sp³-hybridized carbons (Fsp3) is 0.421. The summed E-state index contributed by atoms with van der Waals surface area (Å²) in [5, 5.41) is 2.72. The van der Waals surface area contributed by atoms with E-state index in [2.05, 4.69) is 47.8 Å². The summed E-state index contributed by atoms with van der Waals surface area (Å²) >= 11 is 0. The second-order valence-electron chi connectivity index (χ2n) is 5.23. The molecule has 0 bridgehead atoms. The Hall–Kier alpha value is -1.83. The zero-order chi connectivity index (χ0) is 15.2.